The second-order valence-corrected chi connectivity index (χ2v) is 4.46. The number of carboxylic acids is 1. The fourth-order valence-electron chi connectivity index (χ4n) is 1.37. The molecular formula is C11H10N2O2S. The van der Waals surface area contributed by atoms with Crippen molar-refractivity contribution in [3.63, 3.8) is 0 Å². The highest BCUT2D eigenvalue weighted by molar-refractivity contribution is 7.12. The lowest BCUT2D eigenvalue weighted by atomic mass is 10.2. The van der Waals surface area contributed by atoms with E-state index in [1.165, 1.54) is 17.4 Å². The van der Waals surface area contributed by atoms with Crippen molar-refractivity contribution in [1.82, 2.24) is 9.97 Å². The molecule has 0 spiro atoms. The molecule has 2 aromatic heterocycles. The molecule has 0 fully saturated rings. The van der Waals surface area contributed by atoms with Crippen molar-refractivity contribution in [3.05, 3.63) is 34.4 Å². The van der Waals surface area contributed by atoms with Gasteiger partial charge >= 0.3 is 5.97 Å². The lowest BCUT2D eigenvalue weighted by Gasteiger charge is -1.90. The minimum absolute atomic E-state index is 0.705. The van der Waals surface area contributed by atoms with Gasteiger partial charge in [-0.3, -0.25) is 0 Å². The molecule has 0 aromatic carbocycles. The highest BCUT2D eigenvalue weighted by Crippen LogP contribution is 2.27. The van der Waals surface area contributed by atoms with E-state index in [1.807, 2.05) is 25.4 Å². The number of H-pyrrole nitrogens is 1. The molecule has 5 heteroatoms. The number of thiazole rings is 1. The largest absolute Gasteiger partial charge is 0.478 e. The van der Waals surface area contributed by atoms with E-state index in [9.17, 15) is 4.79 Å². The van der Waals surface area contributed by atoms with Crippen LogP contribution in [0.5, 0.6) is 0 Å². The van der Waals surface area contributed by atoms with E-state index in [2.05, 4.69) is 9.97 Å². The number of aryl methyl sites for hydroxylation is 1. The number of nitrogens with one attached hydrogen (secondary N) is 1. The summed E-state index contributed by atoms with van der Waals surface area (Å²) in [5.74, 6) is -0.962. The molecule has 0 saturated heterocycles. The maximum Gasteiger partial charge on any atom is 0.328 e. The molecule has 2 rings (SSSR count). The molecule has 0 amide bonds. The Morgan fingerprint density at radius 1 is 1.62 bits per heavy atom. The first-order valence-electron chi connectivity index (χ1n) is 4.68. The SMILES string of the molecule is Cc1sc(/C=C/C(=O)O)nc1-c1cc[nH]c1. The second-order valence-electron chi connectivity index (χ2n) is 3.23. The third-order valence-electron chi connectivity index (χ3n) is 2.05. The second kappa shape index (κ2) is 4.32. The average molecular weight is 234 g/mol. The molecule has 0 saturated carbocycles. The number of nitrogens with zero attached hydrogens (tertiary/aromatic N) is 1. The number of hydrogen-bond donors (Lipinski definition) is 2. The number of carboxylic acid groups (broad SMARTS) is 1. The van der Waals surface area contributed by atoms with Gasteiger partial charge in [0.15, 0.2) is 0 Å². The highest BCUT2D eigenvalue weighted by Gasteiger charge is 2.08. The number of carbonyl (C=O) groups is 1. The Hall–Kier alpha value is -1.88. The predicted octanol–water partition coefficient (Wildman–Crippen LogP) is 2.54. The van der Waals surface area contributed by atoms with Gasteiger partial charge in [0.05, 0.1) is 5.69 Å². The normalized spacial score (nSPS) is 11.1. The summed E-state index contributed by atoms with van der Waals surface area (Å²) in [6, 6.07) is 1.94. The van der Waals surface area contributed by atoms with Crippen molar-refractivity contribution in [3.8, 4) is 11.3 Å². The van der Waals surface area contributed by atoms with E-state index < -0.39 is 5.97 Å². The number of rotatable bonds is 3. The Morgan fingerprint density at radius 2 is 2.44 bits per heavy atom. The molecule has 0 radical (unpaired) electrons. The van der Waals surface area contributed by atoms with Crippen LogP contribution >= 0.6 is 11.3 Å². The molecule has 82 valence electrons. The van der Waals surface area contributed by atoms with Gasteiger partial charge in [0.25, 0.3) is 0 Å². The molecule has 0 bridgehead atoms. The Labute approximate surface area is 96.3 Å². The van der Waals surface area contributed by atoms with Crippen LogP contribution in [0.4, 0.5) is 0 Å². The lowest BCUT2D eigenvalue weighted by molar-refractivity contribution is -0.131. The molecule has 4 nitrogen and oxygen atoms in total. The lowest BCUT2D eigenvalue weighted by Crippen LogP contribution is -1.85. The van der Waals surface area contributed by atoms with Crippen LogP contribution in [0.15, 0.2) is 24.5 Å². The van der Waals surface area contributed by atoms with Crippen LogP contribution in [0.1, 0.15) is 9.88 Å². The Morgan fingerprint density at radius 3 is 3.06 bits per heavy atom. The summed E-state index contributed by atoms with van der Waals surface area (Å²) < 4.78 is 0. The first-order valence-corrected chi connectivity index (χ1v) is 5.50. The Kier molecular flexibility index (Phi) is 2.87. The van der Waals surface area contributed by atoms with Gasteiger partial charge in [-0.2, -0.15) is 0 Å². The quantitative estimate of drug-likeness (QED) is 0.802. The minimum atomic E-state index is -0.962. The van der Waals surface area contributed by atoms with Crippen molar-refractivity contribution >= 4 is 23.4 Å². The maximum absolute atomic E-state index is 10.4. The van der Waals surface area contributed by atoms with E-state index in [1.54, 1.807) is 0 Å². The Balaban J connectivity index is 2.33. The zero-order chi connectivity index (χ0) is 11.5. The smallest absolute Gasteiger partial charge is 0.328 e. The van der Waals surface area contributed by atoms with Gasteiger partial charge in [0.2, 0.25) is 0 Å². The van der Waals surface area contributed by atoms with Crippen molar-refractivity contribution in [1.29, 1.82) is 0 Å². The zero-order valence-corrected chi connectivity index (χ0v) is 9.41. The topological polar surface area (TPSA) is 66.0 Å². The van der Waals surface area contributed by atoms with E-state index >= 15 is 0 Å². The van der Waals surface area contributed by atoms with E-state index in [0.29, 0.717) is 5.01 Å². The molecule has 2 heterocycles. The third-order valence-corrected chi connectivity index (χ3v) is 2.99. The summed E-state index contributed by atoms with van der Waals surface area (Å²) >= 11 is 1.48. The molecule has 0 aliphatic heterocycles. The molecular weight excluding hydrogens is 224 g/mol. The number of hydrogen-bond acceptors (Lipinski definition) is 3. The van der Waals surface area contributed by atoms with Crippen LogP contribution in [0.25, 0.3) is 17.3 Å². The fraction of sp³-hybridized carbons (Fsp3) is 0.0909. The Bertz CT molecular complexity index is 526. The van der Waals surface area contributed by atoms with Gasteiger partial charge in [-0.1, -0.05) is 0 Å². The molecule has 0 aliphatic carbocycles. The summed E-state index contributed by atoms with van der Waals surface area (Å²) in [7, 11) is 0. The summed E-state index contributed by atoms with van der Waals surface area (Å²) in [5, 5.41) is 9.22. The average Bonchev–Trinajstić information content (AvgIpc) is 2.83. The third kappa shape index (κ3) is 2.20. The predicted molar refractivity (Wildman–Crippen MR) is 63.3 cm³/mol. The van der Waals surface area contributed by atoms with Gasteiger partial charge in [-0.05, 0) is 19.1 Å². The number of aromatic nitrogens is 2. The summed E-state index contributed by atoms with van der Waals surface area (Å²) in [4.78, 5) is 18.8. The van der Waals surface area contributed by atoms with Crippen LogP contribution < -0.4 is 0 Å². The van der Waals surface area contributed by atoms with Crippen molar-refractivity contribution in [2.75, 3.05) is 0 Å². The fourth-order valence-corrected chi connectivity index (χ4v) is 2.22. The highest BCUT2D eigenvalue weighted by atomic mass is 32.1. The molecule has 0 aliphatic rings. The van der Waals surface area contributed by atoms with Gasteiger partial charge in [-0.25, -0.2) is 9.78 Å². The van der Waals surface area contributed by atoms with Crippen LogP contribution in [0.3, 0.4) is 0 Å². The van der Waals surface area contributed by atoms with Crippen LogP contribution in [0.2, 0.25) is 0 Å². The van der Waals surface area contributed by atoms with Gasteiger partial charge < -0.3 is 10.1 Å². The summed E-state index contributed by atoms with van der Waals surface area (Å²) in [5.41, 5.74) is 1.92. The van der Waals surface area contributed by atoms with Crippen LogP contribution in [-0.2, 0) is 4.79 Å². The summed E-state index contributed by atoms with van der Waals surface area (Å²) in [6.45, 7) is 1.97. The zero-order valence-electron chi connectivity index (χ0n) is 8.60. The van der Waals surface area contributed by atoms with Gasteiger partial charge in [0, 0.05) is 28.9 Å². The van der Waals surface area contributed by atoms with E-state index in [0.717, 1.165) is 22.2 Å². The molecule has 16 heavy (non-hydrogen) atoms. The minimum Gasteiger partial charge on any atom is -0.478 e. The van der Waals surface area contributed by atoms with E-state index in [4.69, 9.17) is 5.11 Å². The van der Waals surface area contributed by atoms with Crippen LogP contribution in [0, 0.1) is 6.92 Å². The standard InChI is InChI=1S/C11H10N2O2S/c1-7-11(8-4-5-12-6-8)13-9(16-7)2-3-10(14)15/h2-6,12H,1H3,(H,14,15)/b3-2+. The van der Waals surface area contributed by atoms with Gasteiger partial charge in [0.1, 0.15) is 5.01 Å². The van der Waals surface area contributed by atoms with Crippen molar-refractivity contribution in [2.45, 2.75) is 6.92 Å². The maximum atomic E-state index is 10.4. The number of aliphatic carboxylic acids is 1. The monoisotopic (exact) mass is 234 g/mol. The van der Waals surface area contributed by atoms with E-state index in [-0.39, 0.29) is 0 Å². The van der Waals surface area contributed by atoms with Crippen LogP contribution in [-0.4, -0.2) is 21.0 Å². The summed E-state index contributed by atoms with van der Waals surface area (Å²) in [6.07, 6.45) is 6.31. The first kappa shape index (κ1) is 10.6. The number of aromatic amines is 1. The molecule has 2 aromatic rings. The van der Waals surface area contributed by atoms with Crippen molar-refractivity contribution in [2.24, 2.45) is 0 Å². The van der Waals surface area contributed by atoms with Crippen molar-refractivity contribution < 1.29 is 9.90 Å². The first-order chi connectivity index (χ1) is 7.66. The molecule has 0 atom stereocenters. The molecule has 0 unspecified atom stereocenters. The van der Waals surface area contributed by atoms with Gasteiger partial charge in [-0.15, -0.1) is 11.3 Å². The molecule has 2 N–H and O–H groups in total.